The predicted molar refractivity (Wildman–Crippen MR) is 81.5 cm³/mol. The molecular weight excluding hydrogens is 230 g/mol. The fourth-order valence-electron chi connectivity index (χ4n) is 4.56. The Morgan fingerprint density at radius 3 is 2.63 bits per heavy atom. The van der Waals surface area contributed by atoms with Gasteiger partial charge in [-0.25, -0.2) is 0 Å². The van der Waals surface area contributed by atoms with Crippen LogP contribution in [0.3, 0.4) is 0 Å². The van der Waals surface area contributed by atoms with E-state index in [1.807, 2.05) is 0 Å². The van der Waals surface area contributed by atoms with Gasteiger partial charge in [0.15, 0.2) is 0 Å². The summed E-state index contributed by atoms with van der Waals surface area (Å²) in [6, 6.07) is 9.72. The van der Waals surface area contributed by atoms with E-state index < -0.39 is 0 Å². The standard InChI is InChI=1S/C18H27N/c1-3-18(10-6-7-11-18)17(19-2)13-15-12-14-8-4-5-9-16(14)15/h4-5,8-9,15,17,19H,3,6-7,10-13H2,1-2H3. The van der Waals surface area contributed by atoms with Gasteiger partial charge in [-0.05, 0) is 61.6 Å². The predicted octanol–water partition coefficient (Wildman–Crippen LogP) is 4.27. The molecule has 1 N–H and O–H groups in total. The lowest BCUT2D eigenvalue weighted by Crippen LogP contribution is -2.44. The van der Waals surface area contributed by atoms with E-state index in [9.17, 15) is 0 Å². The quantitative estimate of drug-likeness (QED) is 0.830. The van der Waals surface area contributed by atoms with Crippen molar-refractivity contribution < 1.29 is 0 Å². The molecule has 19 heavy (non-hydrogen) atoms. The third kappa shape index (κ3) is 2.23. The molecule has 1 aromatic carbocycles. The molecule has 0 heterocycles. The van der Waals surface area contributed by atoms with Gasteiger partial charge in [0.25, 0.3) is 0 Å². The Morgan fingerprint density at radius 2 is 2.00 bits per heavy atom. The van der Waals surface area contributed by atoms with E-state index in [-0.39, 0.29) is 0 Å². The summed E-state index contributed by atoms with van der Waals surface area (Å²) in [5, 5.41) is 3.67. The third-order valence-electron chi connectivity index (χ3n) is 5.87. The highest BCUT2D eigenvalue weighted by molar-refractivity contribution is 5.40. The van der Waals surface area contributed by atoms with Crippen molar-refractivity contribution in [2.45, 2.75) is 63.8 Å². The zero-order valence-electron chi connectivity index (χ0n) is 12.4. The molecule has 0 bridgehead atoms. The summed E-state index contributed by atoms with van der Waals surface area (Å²) in [4.78, 5) is 0. The number of fused-ring (bicyclic) bond motifs is 1. The fraction of sp³-hybridized carbons (Fsp3) is 0.667. The Labute approximate surface area is 117 Å². The Hall–Kier alpha value is -0.820. The lowest BCUT2D eigenvalue weighted by molar-refractivity contribution is 0.173. The lowest BCUT2D eigenvalue weighted by atomic mass is 9.67. The summed E-state index contributed by atoms with van der Waals surface area (Å²) < 4.78 is 0. The van der Waals surface area contributed by atoms with Gasteiger partial charge in [-0.3, -0.25) is 0 Å². The summed E-state index contributed by atoms with van der Waals surface area (Å²) >= 11 is 0. The summed E-state index contributed by atoms with van der Waals surface area (Å²) in [7, 11) is 2.17. The van der Waals surface area contributed by atoms with Crippen LogP contribution in [-0.2, 0) is 6.42 Å². The van der Waals surface area contributed by atoms with Crippen molar-refractivity contribution in [1.82, 2.24) is 5.32 Å². The van der Waals surface area contributed by atoms with Crippen LogP contribution in [0, 0.1) is 5.41 Å². The lowest BCUT2D eigenvalue weighted by Gasteiger charge is -2.41. The van der Waals surface area contributed by atoms with Crippen molar-refractivity contribution in [2.75, 3.05) is 7.05 Å². The zero-order chi connectivity index (χ0) is 13.3. The van der Waals surface area contributed by atoms with Crippen molar-refractivity contribution in [2.24, 2.45) is 5.41 Å². The summed E-state index contributed by atoms with van der Waals surface area (Å²) in [6.45, 7) is 2.39. The zero-order valence-corrected chi connectivity index (χ0v) is 12.4. The minimum atomic E-state index is 0.583. The Kier molecular flexibility index (Phi) is 3.66. The highest BCUT2D eigenvalue weighted by Crippen LogP contribution is 2.48. The molecule has 104 valence electrons. The van der Waals surface area contributed by atoms with Crippen LogP contribution < -0.4 is 5.32 Å². The van der Waals surface area contributed by atoms with Gasteiger partial charge in [0.1, 0.15) is 0 Å². The Bertz CT molecular complexity index is 431. The van der Waals surface area contributed by atoms with Gasteiger partial charge in [0, 0.05) is 6.04 Å². The van der Waals surface area contributed by atoms with Gasteiger partial charge in [0.05, 0.1) is 0 Å². The first-order chi connectivity index (χ1) is 9.29. The van der Waals surface area contributed by atoms with Gasteiger partial charge in [-0.1, -0.05) is 44.0 Å². The molecule has 0 saturated heterocycles. The third-order valence-corrected chi connectivity index (χ3v) is 5.87. The van der Waals surface area contributed by atoms with Gasteiger partial charge in [-0.2, -0.15) is 0 Å². The van der Waals surface area contributed by atoms with Crippen LogP contribution in [0.25, 0.3) is 0 Å². The molecule has 0 radical (unpaired) electrons. The van der Waals surface area contributed by atoms with Crippen LogP contribution in [0.1, 0.15) is 62.5 Å². The molecule has 1 heteroatoms. The molecule has 1 nitrogen and oxygen atoms in total. The van der Waals surface area contributed by atoms with Crippen molar-refractivity contribution in [3.05, 3.63) is 35.4 Å². The largest absolute Gasteiger partial charge is 0.316 e. The van der Waals surface area contributed by atoms with Gasteiger partial charge >= 0.3 is 0 Å². The number of hydrogen-bond acceptors (Lipinski definition) is 1. The first-order valence-corrected chi connectivity index (χ1v) is 8.04. The van der Waals surface area contributed by atoms with Crippen LogP contribution in [0.15, 0.2) is 24.3 Å². The summed E-state index contributed by atoms with van der Waals surface area (Å²) in [5.74, 6) is 0.803. The fourth-order valence-corrected chi connectivity index (χ4v) is 4.56. The molecule has 3 rings (SSSR count). The number of hydrogen-bond donors (Lipinski definition) is 1. The number of nitrogens with one attached hydrogen (secondary N) is 1. The maximum absolute atomic E-state index is 3.67. The van der Waals surface area contributed by atoms with Gasteiger partial charge < -0.3 is 5.32 Å². The van der Waals surface area contributed by atoms with Crippen molar-refractivity contribution in [3.8, 4) is 0 Å². The molecule has 2 unspecified atom stereocenters. The van der Waals surface area contributed by atoms with E-state index in [0.29, 0.717) is 11.5 Å². The smallest absolute Gasteiger partial charge is 0.0126 e. The average Bonchev–Trinajstić information content (AvgIpc) is 2.90. The topological polar surface area (TPSA) is 12.0 Å². The molecule has 2 aliphatic carbocycles. The number of benzene rings is 1. The van der Waals surface area contributed by atoms with Crippen LogP contribution >= 0.6 is 0 Å². The van der Waals surface area contributed by atoms with E-state index in [2.05, 4.69) is 43.6 Å². The molecule has 2 atom stereocenters. The second-order valence-corrected chi connectivity index (χ2v) is 6.60. The minimum Gasteiger partial charge on any atom is -0.316 e. The van der Waals surface area contributed by atoms with E-state index in [0.717, 1.165) is 5.92 Å². The maximum atomic E-state index is 3.67. The first-order valence-electron chi connectivity index (χ1n) is 8.04. The van der Waals surface area contributed by atoms with E-state index in [1.54, 1.807) is 11.1 Å². The first kappa shape index (κ1) is 13.2. The highest BCUT2D eigenvalue weighted by atomic mass is 14.9. The van der Waals surface area contributed by atoms with Crippen molar-refractivity contribution in [1.29, 1.82) is 0 Å². The van der Waals surface area contributed by atoms with Crippen LogP contribution in [-0.4, -0.2) is 13.1 Å². The normalized spacial score (nSPS) is 25.7. The van der Waals surface area contributed by atoms with Crippen molar-refractivity contribution >= 4 is 0 Å². The molecule has 1 saturated carbocycles. The second kappa shape index (κ2) is 5.28. The summed E-state index contributed by atoms with van der Waals surface area (Å²) in [5.41, 5.74) is 3.78. The molecule has 2 aliphatic rings. The molecule has 0 aromatic heterocycles. The Balaban J connectivity index is 1.71. The van der Waals surface area contributed by atoms with Gasteiger partial charge in [0.2, 0.25) is 0 Å². The van der Waals surface area contributed by atoms with E-state index in [1.165, 1.54) is 44.9 Å². The molecule has 0 spiro atoms. The van der Waals surface area contributed by atoms with E-state index in [4.69, 9.17) is 0 Å². The molecule has 0 amide bonds. The average molecular weight is 257 g/mol. The molecular formula is C18H27N. The highest BCUT2D eigenvalue weighted by Gasteiger charge is 2.41. The Morgan fingerprint density at radius 1 is 1.26 bits per heavy atom. The van der Waals surface area contributed by atoms with Crippen LogP contribution in [0.4, 0.5) is 0 Å². The van der Waals surface area contributed by atoms with Crippen molar-refractivity contribution in [3.63, 3.8) is 0 Å². The minimum absolute atomic E-state index is 0.583. The monoisotopic (exact) mass is 257 g/mol. The second-order valence-electron chi connectivity index (χ2n) is 6.60. The van der Waals surface area contributed by atoms with Crippen LogP contribution in [0.2, 0.25) is 0 Å². The van der Waals surface area contributed by atoms with Crippen LogP contribution in [0.5, 0.6) is 0 Å². The molecule has 1 aromatic rings. The number of rotatable bonds is 5. The maximum Gasteiger partial charge on any atom is 0.0126 e. The van der Waals surface area contributed by atoms with Gasteiger partial charge in [-0.15, -0.1) is 0 Å². The summed E-state index contributed by atoms with van der Waals surface area (Å²) in [6.07, 6.45) is 9.72. The molecule has 0 aliphatic heterocycles. The molecule has 1 fully saturated rings. The SMILES string of the molecule is CCC1(C(CC2Cc3ccccc32)NC)CCCC1. The van der Waals surface area contributed by atoms with E-state index >= 15 is 0 Å².